The average molecular weight is 260 g/mol. The van der Waals surface area contributed by atoms with Gasteiger partial charge in [-0.05, 0) is 27.7 Å². The first-order valence-electron chi connectivity index (χ1n) is 5.02. The minimum Gasteiger partial charge on any atom is -0.333 e. The summed E-state index contributed by atoms with van der Waals surface area (Å²) in [7, 11) is -0.255. The Morgan fingerprint density at radius 1 is 1.38 bits per heavy atom. The summed E-state index contributed by atoms with van der Waals surface area (Å²) < 4.78 is 22.6. The standard InChI is InChI=1S/C10H15NO3PS/c1-7(2)13-10(15-12,14-8(3)4)9-5-16-6-11-9/h5,7-8H,1-4H3. The molecule has 6 heteroatoms. The van der Waals surface area contributed by atoms with Crippen molar-refractivity contribution < 1.29 is 14.0 Å². The molecule has 1 radical (unpaired) electrons. The lowest BCUT2D eigenvalue weighted by Crippen LogP contribution is -2.33. The molecule has 0 fully saturated rings. The zero-order chi connectivity index (χ0) is 12.2. The molecule has 1 aromatic heterocycles. The molecule has 0 bridgehead atoms. The third kappa shape index (κ3) is 3.32. The maximum atomic E-state index is 11.4. The lowest BCUT2D eigenvalue weighted by molar-refractivity contribution is -0.220. The van der Waals surface area contributed by atoms with Crippen molar-refractivity contribution in [3.8, 4) is 0 Å². The predicted molar refractivity (Wildman–Crippen MR) is 62.7 cm³/mol. The van der Waals surface area contributed by atoms with Crippen LogP contribution in [0, 0.1) is 5.51 Å². The Kier molecular flexibility index (Phi) is 4.99. The van der Waals surface area contributed by atoms with Crippen molar-refractivity contribution in [2.75, 3.05) is 0 Å². The molecular formula is C10H15NO3PS. The third-order valence-corrected chi connectivity index (χ3v) is 2.84. The van der Waals surface area contributed by atoms with E-state index in [0.717, 1.165) is 0 Å². The summed E-state index contributed by atoms with van der Waals surface area (Å²) in [6, 6.07) is 0. The van der Waals surface area contributed by atoms with Gasteiger partial charge in [-0.15, -0.1) is 11.3 Å². The van der Waals surface area contributed by atoms with Crippen LogP contribution in [0.3, 0.4) is 0 Å². The molecule has 0 amide bonds. The first kappa shape index (κ1) is 13.7. The molecule has 1 rings (SSSR count). The maximum Gasteiger partial charge on any atom is 0.297 e. The maximum absolute atomic E-state index is 11.4. The lowest BCUT2D eigenvalue weighted by atomic mass is 10.4. The van der Waals surface area contributed by atoms with Crippen LogP contribution in [0.4, 0.5) is 0 Å². The fourth-order valence-corrected chi connectivity index (χ4v) is 2.53. The zero-order valence-corrected chi connectivity index (χ0v) is 11.5. The van der Waals surface area contributed by atoms with Gasteiger partial charge >= 0.3 is 0 Å². The Morgan fingerprint density at radius 3 is 2.25 bits per heavy atom. The van der Waals surface area contributed by atoms with E-state index in [1.165, 1.54) is 11.3 Å². The molecule has 0 aliphatic carbocycles. The highest BCUT2D eigenvalue weighted by molar-refractivity contribution is 7.25. The quantitative estimate of drug-likeness (QED) is 0.582. The van der Waals surface area contributed by atoms with Crippen LogP contribution in [0.5, 0.6) is 0 Å². The van der Waals surface area contributed by atoms with Gasteiger partial charge in [-0.1, -0.05) is 0 Å². The number of hydrogen-bond acceptors (Lipinski definition) is 5. The Balaban J connectivity index is 3.02. The monoisotopic (exact) mass is 260 g/mol. The zero-order valence-electron chi connectivity index (χ0n) is 9.76. The van der Waals surface area contributed by atoms with E-state index in [-0.39, 0.29) is 20.7 Å². The molecule has 0 unspecified atom stereocenters. The highest BCUT2D eigenvalue weighted by Gasteiger charge is 2.40. The Labute approximate surface area is 101 Å². The van der Waals surface area contributed by atoms with Crippen molar-refractivity contribution in [1.29, 1.82) is 0 Å². The van der Waals surface area contributed by atoms with Crippen LogP contribution in [0.2, 0.25) is 0 Å². The van der Waals surface area contributed by atoms with Crippen LogP contribution in [0.1, 0.15) is 33.4 Å². The summed E-state index contributed by atoms with van der Waals surface area (Å²) >= 11 is 1.30. The largest absolute Gasteiger partial charge is 0.333 e. The summed E-state index contributed by atoms with van der Waals surface area (Å²) in [5.41, 5.74) is 1.89. The Morgan fingerprint density at radius 2 is 1.94 bits per heavy atom. The number of aromatic nitrogens is 1. The Bertz CT molecular complexity index is 317. The lowest BCUT2D eigenvalue weighted by Gasteiger charge is -2.29. The van der Waals surface area contributed by atoms with Gasteiger partial charge in [0.25, 0.3) is 5.53 Å². The molecular weight excluding hydrogens is 245 g/mol. The molecule has 0 aromatic carbocycles. The van der Waals surface area contributed by atoms with Crippen molar-refractivity contribution in [3.63, 3.8) is 0 Å². The highest BCUT2D eigenvalue weighted by Crippen LogP contribution is 2.39. The second-order valence-corrected chi connectivity index (χ2v) is 5.26. The van der Waals surface area contributed by atoms with E-state index >= 15 is 0 Å². The number of hydrogen-bond donors (Lipinski definition) is 0. The van der Waals surface area contributed by atoms with Crippen LogP contribution in [0.15, 0.2) is 5.38 Å². The van der Waals surface area contributed by atoms with Gasteiger partial charge in [0.05, 0.1) is 12.2 Å². The fraction of sp³-hybridized carbons (Fsp3) is 0.700. The van der Waals surface area contributed by atoms with Crippen molar-refractivity contribution in [2.24, 2.45) is 0 Å². The van der Waals surface area contributed by atoms with E-state index < -0.39 is 5.53 Å². The van der Waals surface area contributed by atoms with Crippen LogP contribution in [-0.2, 0) is 19.6 Å². The first-order chi connectivity index (χ1) is 7.50. The van der Waals surface area contributed by atoms with Crippen LogP contribution < -0.4 is 0 Å². The van der Waals surface area contributed by atoms with Gasteiger partial charge in [-0.3, -0.25) is 4.57 Å². The molecule has 0 N–H and O–H groups in total. The SMILES string of the molecule is CC(C)OC(OC(C)C)(P=O)c1cs[c]n1. The second kappa shape index (κ2) is 5.82. The summed E-state index contributed by atoms with van der Waals surface area (Å²) in [5.74, 6) is 0. The van der Waals surface area contributed by atoms with Crippen LogP contribution >= 0.6 is 19.8 Å². The molecule has 0 saturated carbocycles. The minimum atomic E-state index is -1.31. The van der Waals surface area contributed by atoms with Gasteiger partial charge in [-0.2, -0.15) is 0 Å². The smallest absolute Gasteiger partial charge is 0.297 e. The molecule has 1 heterocycles. The number of rotatable bonds is 6. The number of thiazole rings is 1. The van der Waals surface area contributed by atoms with Gasteiger partial charge < -0.3 is 9.47 Å². The van der Waals surface area contributed by atoms with Crippen molar-refractivity contribution in [1.82, 2.24) is 4.98 Å². The van der Waals surface area contributed by atoms with Gasteiger partial charge in [0.15, 0.2) is 5.51 Å². The molecule has 0 saturated heterocycles. The minimum absolute atomic E-state index is 0.109. The van der Waals surface area contributed by atoms with E-state index in [1.54, 1.807) is 5.38 Å². The van der Waals surface area contributed by atoms with Crippen molar-refractivity contribution >= 4 is 19.8 Å². The topological polar surface area (TPSA) is 48.4 Å². The predicted octanol–water partition coefficient (Wildman–Crippen LogP) is 3.20. The van der Waals surface area contributed by atoms with Crippen LogP contribution in [-0.4, -0.2) is 17.2 Å². The van der Waals surface area contributed by atoms with Gasteiger partial charge in [0.2, 0.25) is 8.46 Å². The van der Waals surface area contributed by atoms with E-state index in [0.29, 0.717) is 5.69 Å². The van der Waals surface area contributed by atoms with Gasteiger partial charge in [-0.25, -0.2) is 4.98 Å². The number of ether oxygens (including phenoxy) is 2. The second-order valence-electron chi connectivity index (χ2n) is 3.83. The average Bonchev–Trinajstić information content (AvgIpc) is 2.68. The molecule has 0 atom stereocenters. The molecule has 4 nitrogen and oxygen atoms in total. The normalized spacial score (nSPS) is 12.9. The van der Waals surface area contributed by atoms with E-state index in [1.807, 2.05) is 27.7 Å². The van der Waals surface area contributed by atoms with Gasteiger partial charge in [0, 0.05) is 5.38 Å². The molecule has 0 spiro atoms. The molecule has 89 valence electrons. The van der Waals surface area contributed by atoms with Crippen LogP contribution in [0.25, 0.3) is 0 Å². The Hall–Kier alpha value is -0.350. The summed E-state index contributed by atoms with van der Waals surface area (Å²) in [4.78, 5) is 4.00. The van der Waals surface area contributed by atoms with Gasteiger partial charge in [0.1, 0.15) is 5.69 Å². The summed E-state index contributed by atoms with van der Waals surface area (Å²) in [5, 5.41) is 1.73. The molecule has 16 heavy (non-hydrogen) atoms. The summed E-state index contributed by atoms with van der Waals surface area (Å²) in [6.45, 7) is 7.44. The fourth-order valence-electron chi connectivity index (χ4n) is 1.21. The third-order valence-electron chi connectivity index (χ3n) is 1.62. The molecule has 0 aliphatic heterocycles. The first-order valence-corrected chi connectivity index (χ1v) is 6.71. The van der Waals surface area contributed by atoms with E-state index in [9.17, 15) is 4.57 Å². The van der Waals surface area contributed by atoms with Crippen molar-refractivity contribution in [3.05, 3.63) is 16.6 Å². The van der Waals surface area contributed by atoms with E-state index in [4.69, 9.17) is 9.47 Å². The van der Waals surface area contributed by atoms with Crippen molar-refractivity contribution in [2.45, 2.75) is 45.4 Å². The highest BCUT2D eigenvalue weighted by atomic mass is 32.1. The van der Waals surface area contributed by atoms with E-state index in [2.05, 4.69) is 10.5 Å². The summed E-state index contributed by atoms with van der Waals surface area (Å²) in [6.07, 6.45) is -0.219. The number of nitrogens with zero attached hydrogens (tertiary/aromatic N) is 1. The molecule has 0 aliphatic rings. The molecule has 1 aromatic rings.